The summed E-state index contributed by atoms with van der Waals surface area (Å²) < 4.78 is 5.55. The van der Waals surface area contributed by atoms with Crippen LogP contribution < -0.4 is 0 Å². The smallest absolute Gasteiger partial charge is 0.171 e. The molecule has 72 valence electrons. The molecule has 0 amide bonds. The van der Waals surface area contributed by atoms with Gasteiger partial charge in [0.1, 0.15) is 12.4 Å². The molecule has 0 rings (SSSR count). The Morgan fingerprint density at radius 1 is 1.42 bits per heavy atom. The lowest BCUT2D eigenvalue weighted by Crippen LogP contribution is -2.26. The van der Waals surface area contributed by atoms with Crippen LogP contribution in [0.15, 0.2) is 0 Å². The molecule has 0 aromatic carbocycles. The third kappa shape index (κ3) is 6.55. The lowest BCUT2D eigenvalue weighted by Gasteiger charge is -2.23. The number of hydrogen-bond donors (Lipinski definition) is 0. The first-order valence-corrected chi connectivity index (χ1v) is 7.24. The fourth-order valence-corrected chi connectivity index (χ4v) is 1.94. The molecule has 3 heteroatoms. The Balaban J connectivity index is 3.92. The summed E-state index contributed by atoms with van der Waals surface area (Å²) in [6.07, 6.45) is 1.57. The maximum atomic E-state index is 10.6. The average molecular weight is 188 g/mol. The van der Waals surface area contributed by atoms with Gasteiger partial charge in [-0.05, 0) is 24.9 Å². The van der Waals surface area contributed by atoms with E-state index in [1.54, 1.807) is 0 Å². The Morgan fingerprint density at radius 3 is 2.17 bits per heavy atom. The minimum Gasteiger partial charge on any atom is -0.411 e. The zero-order chi connectivity index (χ0) is 9.78. The molecule has 0 heterocycles. The second-order valence-corrected chi connectivity index (χ2v) is 6.99. The molecule has 0 radical (unpaired) electrons. The lowest BCUT2D eigenvalue weighted by molar-refractivity contribution is -0.115. The van der Waals surface area contributed by atoms with Crippen molar-refractivity contribution in [2.24, 2.45) is 5.41 Å². The predicted molar refractivity (Wildman–Crippen MR) is 53.9 cm³/mol. The van der Waals surface area contributed by atoms with Crippen molar-refractivity contribution in [1.82, 2.24) is 0 Å². The van der Waals surface area contributed by atoms with E-state index < -0.39 is 9.04 Å². The Hall–Kier alpha value is -0.153. The largest absolute Gasteiger partial charge is 0.411 e. The molecule has 2 nitrogen and oxygen atoms in total. The number of carbonyl (C=O) groups is 1. The number of rotatable bonds is 4. The first-order chi connectivity index (χ1) is 5.35. The summed E-state index contributed by atoms with van der Waals surface area (Å²) in [7, 11) is -1.07. The van der Waals surface area contributed by atoms with E-state index in [0.717, 1.165) is 12.7 Å². The summed E-state index contributed by atoms with van der Waals surface area (Å²) >= 11 is 0. The molecule has 0 aliphatic heterocycles. The fourth-order valence-electron chi connectivity index (χ4n) is 1.08. The SMILES string of the molecule is C[SiH](C)OC(C=O)CC(C)(C)C. The molecule has 0 spiro atoms. The predicted octanol–water partition coefficient (Wildman–Crippen LogP) is 1.99. The molecule has 1 unspecified atom stereocenters. The van der Waals surface area contributed by atoms with Crippen LogP contribution in [0, 0.1) is 5.41 Å². The Labute approximate surface area is 77.0 Å². The molecule has 0 N–H and O–H groups in total. The monoisotopic (exact) mass is 188 g/mol. The molecule has 12 heavy (non-hydrogen) atoms. The highest BCUT2D eigenvalue weighted by Gasteiger charge is 2.19. The first-order valence-electron chi connectivity index (χ1n) is 4.46. The van der Waals surface area contributed by atoms with Gasteiger partial charge in [-0.1, -0.05) is 20.8 Å². The van der Waals surface area contributed by atoms with E-state index >= 15 is 0 Å². The van der Waals surface area contributed by atoms with Gasteiger partial charge in [-0.3, -0.25) is 0 Å². The van der Waals surface area contributed by atoms with Crippen molar-refractivity contribution < 1.29 is 9.22 Å². The third-order valence-electron chi connectivity index (χ3n) is 1.41. The molecule has 1 atom stereocenters. The van der Waals surface area contributed by atoms with Crippen LogP contribution in [0.3, 0.4) is 0 Å². The minimum absolute atomic E-state index is 0.175. The molecule has 0 aliphatic rings. The molecule has 0 saturated heterocycles. The normalized spacial score (nSPS) is 14.8. The van der Waals surface area contributed by atoms with Crippen LogP contribution in [0.4, 0.5) is 0 Å². The van der Waals surface area contributed by atoms with E-state index in [0.29, 0.717) is 0 Å². The second kappa shape index (κ2) is 4.77. The van der Waals surface area contributed by atoms with E-state index in [-0.39, 0.29) is 11.5 Å². The maximum absolute atomic E-state index is 10.6. The van der Waals surface area contributed by atoms with Gasteiger partial charge in [-0.15, -0.1) is 0 Å². The topological polar surface area (TPSA) is 26.3 Å². The van der Waals surface area contributed by atoms with Crippen LogP contribution in [-0.2, 0) is 9.22 Å². The van der Waals surface area contributed by atoms with Gasteiger partial charge in [0, 0.05) is 0 Å². The van der Waals surface area contributed by atoms with Gasteiger partial charge < -0.3 is 9.22 Å². The van der Waals surface area contributed by atoms with Crippen LogP contribution >= 0.6 is 0 Å². The number of hydrogen-bond acceptors (Lipinski definition) is 2. The standard InChI is InChI=1S/C9H20O2Si/c1-9(2,3)6-8(7-10)11-12(4)5/h7-8,12H,6H2,1-5H3. The van der Waals surface area contributed by atoms with Gasteiger partial charge in [0.05, 0.1) is 0 Å². The Bertz CT molecular complexity index is 138. The minimum atomic E-state index is -1.07. The number of carbonyl (C=O) groups excluding carboxylic acids is 1. The zero-order valence-corrected chi connectivity index (χ0v) is 9.91. The highest BCUT2D eigenvalue weighted by atomic mass is 28.3. The Kier molecular flexibility index (Phi) is 4.71. The quantitative estimate of drug-likeness (QED) is 0.498. The van der Waals surface area contributed by atoms with E-state index in [1.165, 1.54) is 0 Å². The van der Waals surface area contributed by atoms with Crippen molar-refractivity contribution in [1.29, 1.82) is 0 Å². The van der Waals surface area contributed by atoms with Crippen LogP contribution in [0.5, 0.6) is 0 Å². The van der Waals surface area contributed by atoms with Crippen LogP contribution in [0.2, 0.25) is 13.1 Å². The highest BCUT2D eigenvalue weighted by molar-refractivity contribution is 6.48. The highest BCUT2D eigenvalue weighted by Crippen LogP contribution is 2.21. The van der Waals surface area contributed by atoms with Crippen molar-refractivity contribution in [2.75, 3.05) is 0 Å². The van der Waals surface area contributed by atoms with Gasteiger partial charge >= 0.3 is 0 Å². The summed E-state index contributed by atoms with van der Waals surface area (Å²) in [5, 5.41) is 0. The molecule has 0 bridgehead atoms. The van der Waals surface area contributed by atoms with E-state index in [2.05, 4.69) is 33.9 Å². The van der Waals surface area contributed by atoms with E-state index in [1.807, 2.05) is 0 Å². The van der Waals surface area contributed by atoms with Crippen molar-refractivity contribution in [3.8, 4) is 0 Å². The fraction of sp³-hybridized carbons (Fsp3) is 0.889. The molecule has 0 aromatic heterocycles. The number of aldehydes is 1. The van der Waals surface area contributed by atoms with Gasteiger partial charge in [-0.2, -0.15) is 0 Å². The first kappa shape index (κ1) is 11.8. The summed E-state index contributed by atoms with van der Waals surface area (Å²) in [5.74, 6) is 0. The summed E-state index contributed by atoms with van der Waals surface area (Å²) in [6.45, 7) is 10.5. The third-order valence-corrected chi connectivity index (χ3v) is 2.31. The molecular formula is C9H20O2Si. The van der Waals surface area contributed by atoms with Crippen LogP contribution in [0.1, 0.15) is 27.2 Å². The van der Waals surface area contributed by atoms with Gasteiger partial charge in [0.25, 0.3) is 0 Å². The van der Waals surface area contributed by atoms with Crippen LogP contribution in [0.25, 0.3) is 0 Å². The Morgan fingerprint density at radius 2 is 1.92 bits per heavy atom. The lowest BCUT2D eigenvalue weighted by atomic mass is 9.90. The molecule has 0 fully saturated rings. The second-order valence-electron chi connectivity index (χ2n) is 4.62. The van der Waals surface area contributed by atoms with Gasteiger partial charge in [0.2, 0.25) is 0 Å². The summed E-state index contributed by atoms with van der Waals surface area (Å²) in [6, 6.07) is 0. The summed E-state index contributed by atoms with van der Waals surface area (Å²) in [5.41, 5.74) is 0.175. The van der Waals surface area contributed by atoms with E-state index in [4.69, 9.17) is 4.43 Å². The molecule has 0 saturated carbocycles. The molecule has 0 aliphatic carbocycles. The maximum Gasteiger partial charge on any atom is 0.171 e. The van der Waals surface area contributed by atoms with Crippen molar-refractivity contribution in [3.63, 3.8) is 0 Å². The van der Waals surface area contributed by atoms with E-state index in [9.17, 15) is 4.79 Å². The van der Waals surface area contributed by atoms with Crippen molar-refractivity contribution >= 4 is 15.3 Å². The zero-order valence-electron chi connectivity index (χ0n) is 8.76. The molecule has 0 aromatic rings. The van der Waals surface area contributed by atoms with Gasteiger partial charge in [-0.25, -0.2) is 0 Å². The molecular weight excluding hydrogens is 168 g/mol. The van der Waals surface area contributed by atoms with Crippen molar-refractivity contribution in [3.05, 3.63) is 0 Å². The van der Waals surface area contributed by atoms with Crippen molar-refractivity contribution in [2.45, 2.75) is 46.4 Å². The van der Waals surface area contributed by atoms with Gasteiger partial charge in [0.15, 0.2) is 9.04 Å². The van der Waals surface area contributed by atoms with Crippen LogP contribution in [-0.4, -0.2) is 21.4 Å². The average Bonchev–Trinajstić information content (AvgIpc) is 1.82. The summed E-state index contributed by atoms with van der Waals surface area (Å²) in [4.78, 5) is 10.6.